The Kier molecular flexibility index (Phi) is 3.06. The molecule has 0 unspecified atom stereocenters. The third-order valence-electron chi connectivity index (χ3n) is 4.80. The number of hydrogen-bond acceptors (Lipinski definition) is 5. The van der Waals surface area contributed by atoms with E-state index in [2.05, 4.69) is 0 Å². The van der Waals surface area contributed by atoms with E-state index in [1.54, 1.807) is 6.92 Å². The SMILES string of the molecule is CC1=C2C(=O)C=C(CO)[C@@H]2[C@H]2OC(=O)[C@H](C)[C@@H]2[C@H](O)C1. The van der Waals surface area contributed by atoms with E-state index >= 15 is 0 Å². The van der Waals surface area contributed by atoms with Gasteiger partial charge in [-0.05, 0) is 25.0 Å². The number of carbonyl (C=O) groups excluding carboxylic acids is 2. The van der Waals surface area contributed by atoms with Crippen molar-refractivity contribution in [1.29, 1.82) is 0 Å². The summed E-state index contributed by atoms with van der Waals surface area (Å²) < 4.78 is 5.43. The van der Waals surface area contributed by atoms with Crippen LogP contribution in [0.5, 0.6) is 0 Å². The Balaban J connectivity index is 2.11. The molecular weight excluding hydrogens is 260 g/mol. The van der Waals surface area contributed by atoms with Crippen LogP contribution in [0, 0.1) is 17.8 Å². The first kappa shape index (κ1) is 13.5. The molecule has 0 aromatic rings. The second kappa shape index (κ2) is 4.53. The van der Waals surface area contributed by atoms with Gasteiger partial charge in [0, 0.05) is 17.4 Å². The van der Waals surface area contributed by atoms with Crippen molar-refractivity contribution in [2.45, 2.75) is 32.5 Å². The summed E-state index contributed by atoms with van der Waals surface area (Å²) in [5, 5.41) is 19.8. The van der Waals surface area contributed by atoms with Crippen molar-refractivity contribution in [3.05, 3.63) is 22.8 Å². The van der Waals surface area contributed by atoms with E-state index in [9.17, 15) is 19.8 Å². The molecule has 5 heteroatoms. The molecule has 0 amide bonds. The van der Waals surface area contributed by atoms with Crippen molar-refractivity contribution in [2.75, 3.05) is 6.61 Å². The van der Waals surface area contributed by atoms with Crippen molar-refractivity contribution in [2.24, 2.45) is 17.8 Å². The van der Waals surface area contributed by atoms with Crippen LogP contribution in [0.25, 0.3) is 0 Å². The van der Waals surface area contributed by atoms with Crippen LogP contribution in [0.4, 0.5) is 0 Å². The molecule has 0 aromatic carbocycles. The van der Waals surface area contributed by atoms with E-state index in [0.29, 0.717) is 17.6 Å². The largest absolute Gasteiger partial charge is 0.461 e. The average molecular weight is 278 g/mol. The molecule has 1 saturated heterocycles. The lowest BCUT2D eigenvalue weighted by atomic mass is 9.79. The summed E-state index contributed by atoms with van der Waals surface area (Å²) in [7, 11) is 0. The van der Waals surface area contributed by atoms with Gasteiger partial charge in [0.2, 0.25) is 0 Å². The summed E-state index contributed by atoms with van der Waals surface area (Å²) in [4.78, 5) is 24.0. The van der Waals surface area contributed by atoms with Crippen LogP contribution in [0.15, 0.2) is 22.8 Å². The Morgan fingerprint density at radius 2 is 2.10 bits per heavy atom. The van der Waals surface area contributed by atoms with Crippen LogP contribution < -0.4 is 0 Å². The highest BCUT2D eigenvalue weighted by molar-refractivity contribution is 6.09. The molecule has 1 heterocycles. The minimum Gasteiger partial charge on any atom is -0.461 e. The highest BCUT2D eigenvalue weighted by atomic mass is 16.6. The van der Waals surface area contributed by atoms with Gasteiger partial charge in [0.15, 0.2) is 5.78 Å². The molecule has 108 valence electrons. The molecule has 3 aliphatic rings. The normalized spacial score (nSPS) is 40.2. The zero-order valence-electron chi connectivity index (χ0n) is 11.5. The van der Waals surface area contributed by atoms with Crippen LogP contribution in [0.1, 0.15) is 20.3 Å². The molecule has 5 atom stereocenters. The quantitative estimate of drug-likeness (QED) is 0.677. The number of esters is 1. The molecule has 5 nitrogen and oxygen atoms in total. The zero-order chi connectivity index (χ0) is 14.6. The fourth-order valence-electron chi connectivity index (χ4n) is 3.83. The third-order valence-corrected chi connectivity index (χ3v) is 4.80. The lowest BCUT2D eigenvalue weighted by Crippen LogP contribution is -2.35. The van der Waals surface area contributed by atoms with Crippen molar-refractivity contribution in [1.82, 2.24) is 0 Å². The molecule has 0 aromatic heterocycles. The number of ether oxygens (including phenoxy) is 1. The highest BCUT2D eigenvalue weighted by Gasteiger charge is 2.54. The van der Waals surface area contributed by atoms with Gasteiger partial charge in [0.25, 0.3) is 0 Å². The van der Waals surface area contributed by atoms with Crippen LogP contribution >= 0.6 is 0 Å². The van der Waals surface area contributed by atoms with Crippen LogP contribution in [0.3, 0.4) is 0 Å². The fraction of sp³-hybridized carbons (Fsp3) is 0.600. The summed E-state index contributed by atoms with van der Waals surface area (Å²) in [6.07, 6.45) is 0.554. The van der Waals surface area contributed by atoms with Gasteiger partial charge in [-0.15, -0.1) is 0 Å². The molecule has 1 fully saturated rings. The zero-order valence-corrected chi connectivity index (χ0v) is 11.5. The van der Waals surface area contributed by atoms with E-state index < -0.39 is 24.0 Å². The Labute approximate surface area is 116 Å². The Morgan fingerprint density at radius 3 is 2.75 bits per heavy atom. The molecule has 20 heavy (non-hydrogen) atoms. The number of aliphatic hydroxyl groups is 2. The number of rotatable bonds is 1. The van der Waals surface area contributed by atoms with Gasteiger partial charge in [-0.25, -0.2) is 0 Å². The molecular formula is C15H18O5. The molecule has 0 spiro atoms. The molecule has 0 saturated carbocycles. The number of ketones is 1. The number of allylic oxidation sites excluding steroid dienone is 1. The predicted octanol–water partition coefficient (Wildman–Crippen LogP) is 0.363. The van der Waals surface area contributed by atoms with Gasteiger partial charge < -0.3 is 14.9 Å². The number of hydrogen-bond donors (Lipinski definition) is 2. The third kappa shape index (κ3) is 1.70. The average Bonchev–Trinajstić information content (AvgIpc) is 2.83. The van der Waals surface area contributed by atoms with Crippen molar-refractivity contribution in [3.8, 4) is 0 Å². The minimum absolute atomic E-state index is 0.139. The minimum atomic E-state index is -0.702. The van der Waals surface area contributed by atoms with Gasteiger partial charge in [-0.2, -0.15) is 0 Å². The van der Waals surface area contributed by atoms with Gasteiger partial charge in [0.05, 0.1) is 18.6 Å². The predicted molar refractivity (Wildman–Crippen MR) is 69.5 cm³/mol. The van der Waals surface area contributed by atoms with E-state index in [0.717, 1.165) is 5.57 Å². The van der Waals surface area contributed by atoms with Gasteiger partial charge >= 0.3 is 5.97 Å². The van der Waals surface area contributed by atoms with E-state index in [1.807, 2.05) is 6.92 Å². The number of carbonyl (C=O) groups is 2. The van der Waals surface area contributed by atoms with Crippen molar-refractivity contribution in [3.63, 3.8) is 0 Å². The molecule has 1 aliphatic heterocycles. The Morgan fingerprint density at radius 1 is 1.40 bits per heavy atom. The molecule has 0 bridgehead atoms. The second-order valence-electron chi connectivity index (χ2n) is 5.95. The summed E-state index contributed by atoms with van der Waals surface area (Å²) in [5.74, 6) is -1.60. The maximum absolute atomic E-state index is 12.1. The van der Waals surface area contributed by atoms with Crippen molar-refractivity contribution >= 4 is 11.8 Å². The van der Waals surface area contributed by atoms with E-state index in [-0.39, 0.29) is 24.3 Å². The van der Waals surface area contributed by atoms with E-state index in [1.165, 1.54) is 6.08 Å². The van der Waals surface area contributed by atoms with Gasteiger partial charge in [-0.1, -0.05) is 12.5 Å². The Hall–Kier alpha value is -1.46. The first-order valence-corrected chi connectivity index (χ1v) is 6.89. The second-order valence-corrected chi connectivity index (χ2v) is 5.95. The summed E-state index contributed by atoms with van der Waals surface area (Å²) >= 11 is 0. The molecule has 3 rings (SSSR count). The number of fused-ring (bicyclic) bond motifs is 3. The topological polar surface area (TPSA) is 83.8 Å². The number of aliphatic hydroxyl groups excluding tert-OH is 2. The molecule has 2 N–H and O–H groups in total. The highest BCUT2D eigenvalue weighted by Crippen LogP contribution is 2.47. The molecule has 2 aliphatic carbocycles. The van der Waals surface area contributed by atoms with Crippen molar-refractivity contribution < 1.29 is 24.5 Å². The smallest absolute Gasteiger partial charge is 0.309 e. The maximum atomic E-state index is 12.1. The van der Waals surface area contributed by atoms with E-state index in [4.69, 9.17) is 4.74 Å². The fourth-order valence-corrected chi connectivity index (χ4v) is 3.83. The van der Waals surface area contributed by atoms with Gasteiger partial charge in [-0.3, -0.25) is 9.59 Å². The monoisotopic (exact) mass is 278 g/mol. The van der Waals surface area contributed by atoms with Gasteiger partial charge in [0.1, 0.15) is 6.10 Å². The molecule has 0 radical (unpaired) electrons. The summed E-state index contributed by atoms with van der Waals surface area (Å²) in [5.41, 5.74) is 1.99. The maximum Gasteiger partial charge on any atom is 0.309 e. The first-order valence-electron chi connectivity index (χ1n) is 6.89. The van der Waals surface area contributed by atoms with Crippen LogP contribution in [-0.4, -0.2) is 40.8 Å². The lowest BCUT2D eigenvalue weighted by Gasteiger charge is -2.27. The Bertz CT molecular complexity index is 544. The first-order chi connectivity index (χ1) is 9.45. The summed E-state index contributed by atoms with van der Waals surface area (Å²) in [6, 6.07) is 0. The van der Waals surface area contributed by atoms with Crippen LogP contribution in [-0.2, 0) is 14.3 Å². The lowest BCUT2D eigenvalue weighted by molar-refractivity contribution is -0.145. The summed E-state index contributed by atoms with van der Waals surface area (Å²) in [6.45, 7) is 3.33. The standard InChI is InChI=1S/C15H18O5/c1-6-3-9(17)12-7(2)15(19)20-14(12)13-8(5-16)4-10(18)11(6)13/h4,7,9,12-14,16-17H,3,5H2,1-2H3/t7-,9-,12-,13+,14+/m1/s1. The van der Waals surface area contributed by atoms with Crippen LogP contribution in [0.2, 0.25) is 0 Å².